The lowest BCUT2D eigenvalue weighted by Gasteiger charge is -2.36. The molecule has 1 heterocycles. The van der Waals surface area contributed by atoms with E-state index in [1.54, 1.807) is 7.11 Å². The zero-order valence-electron chi connectivity index (χ0n) is 17.0. The van der Waals surface area contributed by atoms with E-state index >= 15 is 0 Å². The van der Waals surface area contributed by atoms with Gasteiger partial charge in [0.15, 0.2) is 0 Å². The highest BCUT2D eigenvalue weighted by molar-refractivity contribution is 5.95. The number of rotatable bonds is 7. The SMILES string of the molecule is CCOC(=O)C1CCCN(C(C(=O)Nc2ccc(OC)cc2)c2ccccc2)C1. The van der Waals surface area contributed by atoms with Crippen molar-refractivity contribution in [3.8, 4) is 5.75 Å². The lowest BCUT2D eigenvalue weighted by molar-refractivity contribution is -0.151. The first-order chi connectivity index (χ1) is 14.1. The molecule has 3 rings (SSSR count). The predicted molar refractivity (Wildman–Crippen MR) is 112 cm³/mol. The minimum absolute atomic E-state index is 0.120. The monoisotopic (exact) mass is 396 g/mol. The number of hydrogen-bond donors (Lipinski definition) is 1. The van der Waals surface area contributed by atoms with Crippen molar-refractivity contribution in [3.05, 3.63) is 60.2 Å². The Labute approximate surface area is 171 Å². The number of likely N-dealkylation sites (tertiary alicyclic amines) is 1. The van der Waals surface area contributed by atoms with Gasteiger partial charge in [-0.3, -0.25) is 14.5 Å². The molecule has 1 aliphatic rings. The molecule has 0 aliphatic carbocycles. The number of nitrogens with one attached hydrogen (secondary N) is 1. The van der Waals surface area contributed by atoms with Gasteiger partial charge in [0.25, 0.3) is 0 Å². The summed E-state index contributed by atoms with van der Waals surface area (Å²) >= 11 is 0. The first-order valence-electron chi connectivity index (χ1n) is 10.0. The van der Waals surface area contributed by atoms with Crippen LogP contribution in [0, 0.1) is 5.92 Å². The summed E-state index contributed by atoms with van der Waals surface area (Å²) in [5.41, 5.74) is 1.61. The van der Waals surface area contributed by atoms with E-state index in [4.69, 9.17) is 9.47 Å². The molecule has 2 unspecified atom stereocenters. The van der Waals surface area contributed by atoms with Crippen LogP contribution in [0.2, 0.25) is 0 Å². The summed E-state index contributed by atoms with van der Waals surface area (Å²) in [5.74, 6) is 0.227. The van der Waals surface area contributed by atoms with Crippen molar-refractivity contribution in [2.75, 3.05) is 32.1 Å². The van der Waals surface area contributed by atoms with Crippen LogP contribution in [0.4, 0.5) is 5.69 Å². The summed E-state index contributed by atoms with van der Waals surface area (Å²) in [6.45, 7) is 3.45. The Bertz CT molecular complexity index is 807. The van der Waals surface area contributed by atoms with E-state index in [9.17, 15) is 9.59 Å². The minimum Gasteiger partial charge on any atom is -0.497 e. The maximum Gasteiger partial charge on any atom is 0.310 e. The maximum absolute atomic E-state index is 13.3. The zero-order valence-corrected chi connectivity index (χ0v) is 17.0. The number of piperidine rings is 1. The molecular formula is C23H28N2O4. The zero-order chi connectivity index (χ0) is 20.6. The van der Waals surface area contributed by atoms with Gasteiger partial charge >= 0.3 is 5.97 Å². The Balaban J connectivity index is 1.80. The highest BCUT2D eigenvalue weighted by Gasteiger charge is 2.34. The van der Waals surface area contributed by atoms with Crippen LogP contribution >= 0.6 is 0 Å². The van der Waals surface area contributed by atoms with Gasteiger partial charge in [-0.05, 0) is 56.1 Å². The molecule has 1 N–H and O–H groups in total. The molecule has 0 radical (unpaired) electrons. The number of nitrogens with zero attached hydrogens (tertiary/aromatic N) is 1. The Hall–Kier alpha value is -2.86. The topological polar surface area (TPSA) is 67.9 Å². The highest BCUT2D eigenvalue weighted by Crippen LogP contribution is 2.29. The van der Waals surface area contributed by atoms with E-state index in [1.807, 2.05) is 61.5 Å². The second-order valence-electron chi connectivity index (χ2n) is 7.12. The summed E-state index contributed by atoms with van der Waals surface area (Å²) in [6, 6.07) is 16.5. The number of carbonyl (C=O) groups is 2. The van der Waals surface area contributed by atoms with Gasteiger partial charge in [0.05, 0.1) is 19.6 Å². The Morgan fingerprint density at radius 3 is 2.52 bits per heavy atom. The largest absolute Gasteiger partial charge is 0.497 e. The van der Waals surface area contributed by atoms with E-state index in [1.165, 1.54) is 0 Å². The third kappa shape index (κ3) is 5.35. The van der Waals surface area contributed by atoms with Crippen LogP contribution in [-0.2, 0) is 14.3 Å². The number of carbonyl (C=O) groups excluding carboxylic acids is 2. The van der Waals surface area contributed by atoms with Gasteiger partial charge in [-0.1, -0.05) is 30.3 Å². The standard InChI is InChI=1S/C23H28N2O4/c1-3-29-23(27)18-10-7-15-25(16-18)21(17-8-5-4-6-9-17)22(26)24-19-11-13-20(28-2)14-12-19/h4-6,8-9,11-14,18,21H,3,7,10,15-16H2,1-2H3,(H,24,26). The molecule has 6 nitrogen and oxygen atoms in total. The molecule has 2 aromatic carbocycles. The molecule has 1 amide bonds. The lowest BCUT2D eigenvalue weighted by atomic mass is 9.94. The van der Waals surface area contributed by atoms with Crippen molar-refractivity contribution in [1.29, 1.82) is 0 Å². The maximum atomic E-state index is 13.3. The van der Waals surface area contributed by atoms with Crippen LogP contribution in [0.25, 0.3) is 0 Å². The number of anilines is 1. The third-order valence-corrected chi connectivity index (χ3v) is 5.16. The van der Waals surface area contributed by atoms with Crippen LogP contribution in [0.5, 0.6) is 5.75 Å². The Morgan fingerprint density at radius 2 is 1.86 bits per heavy atom. The van der Waals surface area contributed by atoms with Crippen LogP contribution < -0.4 is 10.1 Å². The van der Waals surface area contributed by atoms with E-state index in [0.717, 1.165) is 30.7 Å². The van der Waals surface area contributed by atoms with Gasteiger partial charge in [0.2, 0.25) is 5.91 Å². The highest BCUT2D eigenvalue weighted by atomic mass is 16.5. The van der Waals surface area contributed by atoms with Crippen molar-refractivity contribution >= 4 is 17.6 Å². The van der Waals surface area contributed by atoms with Gasteiger partial charge < -0.3 is 14.8 Å². The molecular weight excluding hydrogens is 368 g/mol. The van der Waals surface area contributed by atoms with Gasteiger partial charge in [-0.25, -0.2) is 0 Å². The van der Waals surface area contributed by atoms with Crippen LogP contribution in [-0.4, -0.2) is 43.6 Å². The van der Waals surface area contributed by atoms with Crippen LogP contribution in [0.15, 0.2) is 54.6 Å². The summed E-state index contributed by atoms with van der Waals surface area (Å²) < 4.78 is 10.4. The smallest absolute Gasteiger partial charge is 0.310 e. The predicted octanol–water partition coefficient (Wildman–Crippen LogP) is 3.65. The first-order valence-corrected chi connectivity index (χ1v) is 10.0. The number of ether oxygens (including phenoxy) is 2. The lowest BCUT2D eigenvalue weighted by Crippen LogP contribution is -2.45. The van der Waals surface area contributed by atoms with Gasteiger partial charge in [0, 0.05) is 12.2 Å². The van der Waals surface area contributed by atoms with Crippen molar-refractivity contribution in [3.63, 3.8) is 0 Å². The molecule has 2 aromatic rings. The second-order valence-corrected chi connectivity index (χ2v) is 7.12. The van der Waals surface area contributed by atoms with E-state index < -0.39 is 6.04 Å². The molecule has 0 spiro atoms. The summed E-state index contributed by atoms with van der Waals surface area (Å²) in [4.78, 5) is 27.6. The Morgan fingerprint density at radius 1 is 1.14 bits per heavy atom. The van der Waals surface area contributed by atoms with E-state index in [0.29, 0.717) is 18.8 Å². The number of amides is 1. The third-order valence-electron chi connectivity index (χ3n) is 5.16. The average molecular weight is 396 g/mol. The summed E-state index contributed by atoms with van der Waals surface area (Å²) in [5, 5.41) is 3.01. The molecule has 1 aliphatic heterocycles. The van der Waals surface area contributed by atoms with Crippen molar-refractivity contribution in [1.82, 2.24) is 4.90 Å². The molecule has 0 saturated carbocycles. The number of methoxy groups -OCH3 is 1. The van der Waals surface area contributed by atoms with Crippen molar-refractivity contribution in [2.45, 2.75) is 25.8 Å². The first kappa shape index (κ1) is 20.9. The van der Waals surface area contributed by atoms with Crippen LogP contribution in [0.3, 0.4) is 0 Å². The molecule has 1 fully saturated rings. The molecule has 6 heteroatoms. The van der Waals surface area contributed by atoms with Gasteiger partial charge in [-0.15, -0.1) is 0 Å². The fourth-order valence-electron chi connectivity index (χ4n) is 3.74. The quantitative estimate of drug-likeness (QED) is 0.724. The fourth-order valence-corrected chi connectivity index (χ4v) is 3.74. The summed E-state index contributed by atoms with van der Waals surface area (Å²) in [7, 11) is 1.61. The van der Waals surface area contributed by atoms with Crippen molar-refractivity contribution in [2.24, 2.45) is 5.92 Å². The average Bonchev–Trinajstić information content (AvgIpc) is 2.75. The van der Waals surface area contributed by atoms with E-state index in [-0.39, 0.29) is 17.8 Å². The molecule has 29 heavy (non-hydrogen) atoms. The van der Waals surface area contributed by atoms with Gasteiger partial charge in [0.1, 0.15) is 11.8 Å². The second kappa shape index (κ2) is 10.1. The molecule has 1 saturated heterocycles. The Kier molecular flexibility index (Phi) is 7.25. The molecule has 0 bridgehead atoms. The normalized spacial score (nSPS) is 17.9. The van der Waals surface area contributed by atoms with Crippen LogP contribution in [0.1, 0.15) is 31.4 Å². The summed E-state index contributed by atoms with van der Waals surface area (Å²) in [6.07, 6.45) is 1.64. The van der Waals surface area contributed by atoms with Crippen molar-refractivity contribution < 1.29 is 19.1 Å². The minimum atomic E-state index is -0.476. The van der Waals surface area contributed by atoms with E-state index in [2.05, 4.69) is 10.2 Å². The van der Waals surface area contributed by atoms with Gasteiger partial charge in [-0.2, -0.15) is 0 Å². The molecule has 154 valence electrons. The molecule has 2 atom stereocenters. The number of esters is 1. The fraction of sp³-hybridized carbons (Fsp3) is 0.391. The number of benzene rings is 2. The molecule has 0 aromatic heterocycles. The number of hydrogen-bond acceptors (Lipinski definition) is 5.